The molecule has 23 heavy (non-hydrogen) atoms. The van der Waals surface area contributed by atoms with Gasteiger partial charge in [0, 0.05) is 30.6 Å². The Labute approximate surface area is 130 Å². The fourth-order valence-corrected chi connectivity index (χ4v) is 2.67. The number of benzene rings is 1. The quantitative estimate of drug-likeness (QED) is 0.840. The average Bonchev–Trinajstić information content (AvgIpc) is 3.05. The van der Waals surface area contributed by atoms with Crippen molar-refractivity contribution in [3.8, 4) is 0 Å². The Balaban J connectivity index is 1.59. The number of aromatic nitrogens is 2. The van der Waals surface area contributed by atoms with Crippen LogP contribution in [0.1, 0.15) is 23.2 Å². The molecule has 0 spiro atoms. The van der Waals surface area contributed by atoms with E-state index in [1.807, 2.05) is 0 Å². The maximum atomic E-state index is 13.6. The lowest BCUT2D eigenvalue weighted by molar-refractivity contribution is -0.132. The summed E-state index contributed by atoms with van der Waals surface area (Å²) in [5, 5.41) is 6.70. The molecule has 8 heteroatoms. The molecule has 1 atom stereocenters. The van der Waals surface area contributed by atoms with Gasteiger partial charge in [0.15, 0.2) is 11.6 Å². The summed E-state index contributed by atoms with van der Waals surface area (Å²) in [7, 11) is 0. The topological polar surface area (TPSA) is 75.0 Å². The number of rotatable bonds is 4. The SMILES string of the molecule is N[C@@H](CC(=O)N1Cc2cn[nH]c2C1)Cc1cc(F)c(F)cc1F. The first-order valence-electron chi connectivity index (χ1n) is 7.12. The second-order valence-electron chi connectivity index (χ2n) is 5.65. The highest BCUT2D eigenvalue weighted by Crippen LogP contribution is 2.21. The maximum Gasteiger partial charge on any atom is 0.224 e. The molecule has 0 fully saturated rings. The molecule has 1 aliphatic rings. The molecular weight excluding hydrogens is 309 g/mol. The van der Waals surface area contributed by atoms with Crippen LogP contribution in [-0.4, -0.2) is 27.0 Å². The van der Waals surface area contributed by atoms with Crippen LogP contribution in [-0.2, 0) is 24.3 Å². The van der Waals surface area contributed by atoms with E-state index in [-0.39, 0.29) is 24.3 Å². The lowest BCUT2D eigenvalue weighted by Crippen LogP contribution is -2.34. The second kappa shape index (κ2) is 6.04. The number of nitrogens with one attached hydrogen (secondary N) is 1. The zero-order valence-corrected chi connectivity index (χ0v) is 12.2. The largest absolute Gasteiger partial charge is 0.332 e. The number of nitrogens with zero attached hydrogens (tertiary/aromatic N) is 2. The number of nitrogens with two attached hydrogens (primary N) is 1. The van der Waals surface area contributed by atoms with Crippen molar-refractivity contribution in [1.82, 2.24) is 15.1 Å². The molecule has 0 unspecified atom stereocenters. The zero-order chi connectivity index (χ0) is 16.6. The van der Waals surface area contributed by atoms with Crippen molar-refractivity contribution < 1.29 is 18.0 Å². The first-order valence-corrected chi connectivity index (χ1v) is 7.12. The summed E-state index contributed by atoms with van der Waals surface area (Å²) in [6, 6.07) is 0.583. The van der Waals surface area contributed by atoms with Crippen LogP contribution in [0.5, 0.6) is 0 Å². The van der Waals surface area contributed by atoms with Crippen LogP contribution >= 0.6 is 0 Å². The van der Waals surface area contributed by atoms with Gasteiger partial charge in [-0.3, -0.25) is 9.89 Å². The number of H-pyrrole nitrogens is 1. The highest BCUT2D eigenvalue weighted by molar-refractivity contribution is 5.77. The van der Waals surface area contributed by atoms with E-state index in [2.05, 4.69) is 10.2 Å². The highest BCUT2D eigenvalue weighted by Gasteiger charge is 2.26. The predicted molar refractivity (Wildman–Crippen MR) is 75.5 cm³/mol. The number of carbonyl (C=O) groups is 1. The smallest absolute Gasteiger partial charge is 0.224 e. The molecule has 0 aliphatic carbocycles. The molecule has 122 valence electrons. The third kappa shape index (κ3) is 3.21. The first kappa shape index (κ1) is 15.5. The Bertz CT molecular complexity index is 726. The van der Waals surface area contributed by atoms with Crippen molar-refractivity contribution >= 4 is 5.91 Å². The maximum absolute atomic E-state index is 13.6. The van der Waals surface area contributed by atoms with Crippen LogP contribution in [0.3, 0.4) is 0 Å². The molecule has 3 N–H and O–H groups in total. The molecule has 1 amide bonds. The van der Waals surface area contributed by atoms with Crippen molar-refractivity contribution in [3.63, 3.8) is 0 Å². The number of carbonyl (C=O) groups excluding carboxylic acids is 1. The van der Waals surface area contributed by atoms with Gasteiger partial charge < -0.3 is 10.6 Å². The molecule has 1 aromatic carbocycles. The van der Waals surface area contributed by atoms with Crippen LogP contribution < -0.4 is 5.73 Å². The van der Waals surface area contributed by atoms with Gasteiger partial charge in [0.25, 0.3) is 0 Å². The Morgan fingerprint density at radius 1 is 1.26 bits per heavy atom. The highest BCUT2D eigenvalue weighted by atomic mass is 19.2. The Hall–Kier alpha value is -2.35. The summed E-state index contributed by atoms with van der Waals surface area (Å²) in [6.45, 7) is 0.886. The van der Waals surface area contributed by atoms with E-state index in [0.717, 1.165) is 17.3 Å². The third-order valence-corrected chi connectivity index (χ3v) is 3.88. The van der Waals surface area contributed by atoms with E-state index in [9.17, 15) is 18.0 Å². The number of fused-ring (bicyclic) bond motifs is 1. The van der Waals surface area contributed by atoms with E-state index < -0.39 is 23.5 Å². The zero-order valence-electron chi connectivity index (χ0n) is 12.2. The monoisotopic (exact) mass is 324 g/mol. The van der Waals surface area contributed by atoms with Crippen LogP contribution in [0.15, 0.2) is 18.3 Å². The van der Waals surface area contributed by atoms with Crippen molar-refractivity contribution in [2.75, 3.05) is 0 Å². The number of amides is 1. The van der Waals surface area contributed by atoms with E-state index in [1.165, 1.54) is 0 Å². The molecule has 0 radical (unpaired) electrons. The number of halogens is 3. The van der Waals surface area contributed by atoms with Crippen LogP contribution in [0.2, 0.25) is 0 Å². The fourth-order valence-electron chi connectivity index (χ4n) is 2.67. The molecular formula is C15H15F3N4O. The molecule has 2 aromatic rings. The summed E-state index contributed by atoms with van der Waals surface area (Å²) in [6.07, 6.45) is 1.62. The summed E-state index contributed by atoms with van der Waals surface area (Å²) in [5.74, 6) is -3.42. The first-order chi connectivity index (χ1) is 10.9. The van der Waals surface area contributed by atoms with Gasteiger partial charge in [-0.1, -0.05) is 0 Å². The summed E-state index contributed by atoms with van der Waals surface area (Å²) in [5.41, 5.74) is 7.66. The lowest BCUT2D eigenvalue weighted by atomic mass is 10.0. The Morgan fingerprint density at radius 3 is 2.74 bits per heavy atom. The van der Waals surface area contributed by atoms with E-state index in [4.69, 9.17) is 5.73 Å². The lowest BCUT2D eigenvalue weighted by Gasteiger charge is -2.18. The summed E-state index contributed by atoms with van der Waals surface area (Å²) < 4.78 is 39.7. The number of hydrogen-bond donors (Lipinski definition) is 2. The third-order valence-electron chi connectivity index (χ3n) is 3.88. The summed E-state index contributed by atoms with van der Waals surface area (Å²) >= 11 is 0. The van der Waals surface area contributed by atoms with Crippen molar-refractivity contribution in [3.05, 3.63) is 52.6 Å². The molecule has 0 saturated heterocycles. The average molecular weight is 324 g/mol. The molecule has 2 heterocycles. The van der Waals surface area contributed by atoms with Gasteiger partial charge in [0.1, 0.15) is 5.82 Å². The van der Waals surface area contributed by atoms with E-state index in [1.54, 1.807) is 11.1 Å². The minimum atomic E-state index is -1.25. The molecule has 0 saturated carbocycles. The van der Waals surface area contributed by atoms with Gasteiger partial charge >= 0.3 is 0 Å². The molecule has 5 nitrogen and oxygen atoms in total. The molecule has 1 aromatic heterocycles. The van der Waals surface area contributed by atoms with Crippen LogP contribution in [0.25, 0.3) is 0 Å². The predicted octanol–water partition coefficient (Wildman–Crippen LogP) is 1.63. The minimum absolute atomic E-state index is 0.00383. The Kier molecular flexibility index (Phi) is 4.08. The summed E-state index contributed by atoms with van der Waals surface area (Å²) in [4.78, 5) is 13.8. The van der Waals surface area contributed by atoms with Crippen LogP contribution in [0.4, 0.5) is 13.2 Å². The standard InChI is InChI=1S/C15H15F3N4O/c16-11-4-13(18)12(17)2-8(11)1-10(19)3-15(23)22-6-9-5-20-21-14(9)7-22/h2,4-5,10H,1,3,6-7,19H2,(H,20,21)/t10-/m1/s1. The van der Waals surface area contributed by atoms with E-state index in [0.29, 0.717) is 19.2 Å². The number of aromatic amines is 1. The van der Waals surface area contributed by atoms with Crippen molar-refractivity contribution in [2.24, 2.45) is 5.73 Å². The van der Waals surface area contributed by atoms with Gasteiger partial charge in [-0.05, 0) is 18.1 Å². The molecule has 3 rings (SSSR count). The van der Waals surface area contributed by atoms with Crippen LogP contribution in [0, 0.1) is 17.5 Å². The second-order valence-corrected chi connectivity index (χ2v) is 5.65. The normalized spacial score (nSPS) is 14.9. The van der Waals surface area contributed by atoms with Gasteiger partial charge in [0.05, 0.1) is 18.4 Å². The Morgan fingerprint density at radius 2 is 2.00 bits per heavy atom. The number of hydrogen-bond acceptors (Lipinski definition) is 3. The van der Waals surface area contributed by atoms with E-state index >= 15 is 0 Å². The fraction of sp³-hybridized carbons (Fsp3) is 0.333. The minimum Gasteiger partial charge on any atom is -0.332 e. The molecule has 1 aliphatic heterocycles. The van der Waals surface area contributed by atoms with Gasteiger partial charge in [0.2, 0.25) is 5.91 Å². The van der Waals surface area contributed by atoms with Crippen molar-refractivity contribution in [2.45, 2.75) is 32.0 Å². The molecule has 0 bridgehead atoms. The van der Waals surface area contributed by atoms with Gasteiger partial charge in [-0.2, -0.15) is 5.10 Å². The van der Waals surface area contributed by atoms with Crippen molar-refractivity contribution in [1.29, 1.82) is 0 Å². The van der Waals surface area contributed by atoms with Gasteiger partial charge in [-0.25, -0.2) is 13.2 Å². The van der Waals surface area contributed by atoms with Gasteiger partial charge in [-0.15, -0.1) is 0 Å².